The van der Waals surface area contributed by atoms with Crippen molar-refractivity contribution in [2.75, 3.05) is 18.5 Å². The minimum Gasteiger partial charge on any atom is -0.480 e. The number of nitrogens with one attached hydrogen (secondary N) is 1. The summed E-state index contributed by atoms with van der Waals surface area (Å²) in [5.41, 5.74) is 7.02. The Morgan fingerprint density at radius 3 is 2.22 bits per heavy atom. The monoisotopic (exact) mass is 382 g/mol. The van der Waals surface area contributed by atoms with Crippen LogP contribution in [0.4, 0.5) is 5.69 Å². The Morgan fingerprint density at radius 2 is 1.74 bits per heavy atom. The average Bonchev–Trinajstić information content (AvgIpc) is 2.62. The van der Waals surface area contributed by atoms with Crippen LogP contribution < -0.4 is 11.1 Å². The Hall–Kier alpha value is -2.61. The van der Waals surface area contributed by atoms with Crippen molar-refractivity contribution in [3.8, 4) is 0 Å². The lowest BCUT2D eigenvalue weighted by Gasteiger charge is -2.16. The molecule has 1 rings (SSSR count). The van der Waals surface area contributed by atoms with Crippen LogP contribution in [0.15, 0.2) is 24.3 Å². The van der Waals surface area contributed by atoms with E-state index in [9.17, 15) is 14.4 Å². The Balaban J connectivity index is 0.000000516. The largest absolute Gasteiger partial charge is 0.480 e. The number of rotatable bonds is 8. The van der Waals surface area contributed by atoms with Crippen LogP contribution in [-0.4, -0.2) is 48.3 Å². The maximum atomic E-state index is 10.9. The molecule has 2 atom stereocenters. The summed E-state index contributed by atoms with van der Waals surface area (Å²) in [6.45, 7) is 8.96. The normalized spacial score (nSPS) is 12.3. The van der Waals surface area contributed by atoms with E-state index in [1.54, 1.807) is 13.8 Å². The van der Waals surface area contributed by atoms with Gasteiger partial charge in [-0.15, -0.1) is 0 Å². The molecule has 0 aliphatic heterocycles. The van der Waals surface area contributed by atoms with Gasteiger partial charge in [-0.25, -0.2) is 4.79 Å². The lowest BCUT2D eigenvalue weighted by Crippen LogP contribution is -2.29. The third-order valence-electron chi connectivity index (χ3n) is 3.42. The van der Waals surface area contributed by atoms with Crippen molar-refractivity contribution in [1.29, 1.82) is 0 Å². The number of anilines is 1. The van der Waals surface area contributed by atoms with Crippen molar-refractivity contribution in [3.63, 3.8) is 0 Å². The molecule has 0 fully saturated rings. The lowest BCUT2D eigenvalue weighted by molar-refractivity contribution is -0.165. The van der Waals surface area contributed by atoms with Gasteiger partial charge in [-0.05, 0) is 38.3 Å². The van der Waals surface area contributed by atoms with Crippen molar-refractivity contribution in [1.82, 2.24) is 0 Å². The van der Waals surface area contributed by atoms with Gasteiger partial charge < -0.3 is 25.6 Å². The first kappa shape index (κ1) is 24.4. The standard InChI is InChI=1S/C12H17NO2.C7H13NO4/c1-8(2)10-6-4-5-7-11(10)13-9(3)12(14)15;1-3-11-7(10)5(2)12-6(9)4-8/h4-9,13H,1-3H3,(H,14,15);5H,3-4,8H2,1-2H3/t9-;/m0./s1. The molecule has 0 amide bonds. The number of carboxylic acid groups (broad SMARTS) is 1. The van der Waals surface area contributed by atoms with Gasteiger partial charge in [-0.2, -0.15) is 0 Å². The number of hydrogen-bond acceptors (Lipinski definition) is 7. The van der Waals surface area contributed by atoms with Crippen LogP contribution in [0.25, 0.3) is 0 Å². The average molecular weight is 382 g/mol. The van der Waals surface area contributed by atoms with E-state index in [1.165, 1.54) is 6.92 Å². The first-order chi connectivity index (χ1) is 12.6. The minimum absolute atomic E-state index is 0.232. The zero-order valence-electron chi connectivity index (χ0n) is 16.5. The molecule has 0 bridgehead atoms. The quantitative estimate of drug-likeness (QED) is 0.583. The van der Waals surface area contributed by atoms with Gasteiger partial charge in [0.05, 0.1) is 13.2 Å². The first-order valence-electron chi connectivity index (χ1n) is 8.78. The highest BCUT2D eigenvalue weighted by Gasteiger charge is 2.17. The molecular formula is C19H30N2O6. The molecule has 152 valence electrons. The maximum absolute atomic E-state index is 10.9. The van der Waals surface area contributed by atoms with E-state index < -0.39 is 30.1 Å². The third kappa shape index (κ3) is 9.60. The predicted molar refractivity (Wildman–Crippen MR) is 102 cm³/mol. The van der Waals surface area contributed by atoms with Crippen molar-refractivity contribution >= 4 is 23.6 Å². The summed E-state index contributed by atoms with van der Waals surface area (Å²) >= 11 is 0. The molecule has 1 aromatic rings. The fraction of sp³-hybridized carbons (Fsp3) is 0.526. The molecule has 0 aliphatic rings. The highest BCUT2D eigenvalue weighted by Crippen LogP contribution is 2.24. The third-order valence-corrected chi connectivity index (χ3v) is 3.42. The van der Waals surface area contributed by atoms with Gasteiger partial charge in [0.1, 0.15) is 6.04 Å². The first-order valence-corrected chi connectivity index (χ1v) is 8.78. The van der Waals surface area contributed by atoms with Gasteiger partial charge in [0, 0.05) is 5.69 Å². The fourth-order valence-corrected chi connectivity index (χ4v) is 1.98. The second-order valence-electron chi connectivity index (χ2n) is 6.03. The molecule has 4 N–H and O–H groups in total. The summed E-state index contributed by atoms with van der Waals surface area (Å²) in [7, 11) is 0. The molecule has 0 aromatic heterocycles. The molecule has 8 heteroatoms. The van der Waals surface area contributed by atoms with Crippen LogP contribution in [0.2, 0.25) is 0 Å². The SMILES string of the molecule is CC(C)c1ccccc1N[C@@H](C)C(=O)O.CCOC(=O)C(C)OC(=O)CN. The highest BCUT2D eigenvalue weighted by molar-refractivity contribution is 5.79. The molecule has 0 saturated heterocycles. The molecule has 1 unspecified atom stereocenters. The topological polar surface area (TPSA) is 128 Å². The summed E-state index contributed by atoms with van der Waals surface area (Å²) in [6, 6.07) is 7.23. The smallest absolute Gasteiger partial charge is 0.347 e. The summed E-state index contributed by atoms with van der Waals surface area (Å²) in [5, 5.41) is 11.8. The number of carbonyl (C=O) groups excluding carboxylic acids is 2. The number of carbonyl (C=O) groups is 3. The van der Waals surface area contributed by atoms with Gasteiger partial charge in [-0.3, -0.25) is 9.59 Å². The van der Waals surface area contributed by atoms with Crippen LogP contribution in [0.5, 0.6) is 0 Å². The van der Waals surface area contributed by atoms with Crippen LogP contribution in [0.1, 0.15) is 46.1 Å². The molecule has 0 heterocycles. The number of esters is 2. The Bertz CT molecular complexity index is 618. The minimum atomic E-state index is -0.874. The van der Waals surface area contributed by atoms with Gasteiger partial charge in [-0.1, -0.05) is 32.0 Å². The van der Waals surface area contributed by atoms with E-state index in [2.05, 4.69) is 28.6 Å². The summed E-state index contributed by atoms with van der Waals surface area (Å²) in [4.78, 5) is 32.2. The molecular weight excluding hydrogens is 352 g/mol. The van der Waals surface area contributed by atoms with Crippen LogP contribution in [-0.2, 0) is 23.9 Å². The second-order valence-corrected chi connectivity index (χ2v) is 6.03. The number of hydrogen-bond donors (Lipinski definition) is 3. The van der Waals surface area contributed by atoms with E-state index >= 15 is 0 Å². The molecule has 1 aromatic carbocycles. The Kier molecular flexibility index (Phi) is 11.5. The Morgan fingerprint density at radius 1 is 1.15 bits per heavy atom. The zero-order valence-corrected chi connectivity index (χ0v) is 16.5. The molecule has 8 nitrogen and oxygen atoms in total. The molecule has 0 saturated carbocycles. The highest BCUT2D eigenvalue weighted by atomic mass is 16.6. The number of para-hydroxylation sites is 1. The summed E-state index contributed by atoms with van der Waals surface area (Å²) in [6.07, 6.45) is -0.874. The van der Waals surface area contributed by atoms with Gasteiger partial charge in [0.15, 0.2) is 6.10 Å². The number of aliphatic carboxylic acids is 1. The Labute approximate surface area is 160 Å². The maximum Gasteiger partial charge on any atom is 0.347 e. The van der Waals surface area contributed by atoms with Gasteiger partial charge >= 0.3 is 17.9 Å². The number of carboxylic acids is 1. The van der Waals surface area contributed by atoms with Crippen molar-refractivity contribution in [3.05, 3.63) is 29.8 Å². The number of nitrogens with two attached hydrogens (primary N) is 1. The fourth-order valence-electron chi connectivity index (χ4n) is 1.98. The summed E-state index contributed by atoms with van der Waals surface area (Å²) in [5.74, 6) is -1.63. The van der Waals surface area contributed by atoms with E-state index in [-0.39, 0.29) is 13.2 Å². The molecule has 0 radical (unpaired) electrons. The lowest BCUT2D eigenvalue weighted by atomic mass is 10.0. The second kappa shape index (κ2) is 12.7. The van der Waals surface area contributed by atoms with E-state index in [1.807, 2.05) is 24.3 Å². The predicted octanol–water partition coefficient (Wildman–Crippen LogP) is 2.13. The van der Waals surface area contributed by atoms with Crippen molar-refractivity contribution in [2.24, 2.45) is 5.73 Å². The number of benzene rings is 1. The van der Waals surface area contributed by atoms with E-state index in [4.69, 9.17) is 10.8 Å². The van der Waals surface area contributed by atoms with Crippen LogP contribution in [0, 0.1) is 0 Å². The molecule has 0 aliphatic carbocycles. The van der Waals surface area contributed by atoms with Crippen molar-refractivity contribution < 1.29 is 29.0 Å². The summed E-state index contributed by atoms with van der Waals surface area (Å²) < 4.78 is 9.17. The van der Waals surface area contributed by atoms with Crippen LogP contribution >= 0.6 is 0 Å². The molecule has 0 spiro atoms. The zero-order chi connectivity index (χ0) is 21.0. The van der Waals surface area contributed by atoms with Crippen molar-refractivity contribution in [2.45, 2.75) is 52.7 Å². The van der Waals surface area contributed by atoms with Gasteiger partial charge in [0.25, 0.3) is 0 Å². The number of ether oxygens (including phenoxy) is 2. The van der Waals surface area contributed by atoms with E-state index in [0.29, 0.717) is 5.92 Å². The van der Waals surface area contributed by atoms with Crippen LogP contribution in [0.3, 0.4) is 0 Å². The molecule has 27 heavy (non-hydrogen) atoms. The van der Waals surface area contributed by atoms with E-state index in [0.717, 1.165) is 11.3 Å². The van der Waals surface area contributed by atoms with Gasteiger partial charge in [0.2, 0.25) is 0 Å².